The lowest BCUT2D eigenvalue weighted by atomic mass is 10.2. The fourth-order valence-electron chi connectivity index (χ4n) is 3.58. The number of nitrogens with one attached hydrogen (secondary N) is 2. The van der Waals surface area contributed by atoms with Crippen molar-refractivity contribution < 1.29 is 13.2 Å². The van der Waals surface area contributed by atoms with Crippen LogP contribution in [0.2, 0.25) is 0 Å². The molecule has 0 radical (unpaired) electrons. The van der Waals surface area contributed by atoms with E-state index in [1.165, 1.54) is 17.7 Å². The SMILES string of the molecule is CCNC(=NCC1CCCN1CC)NC1CCN(CC(F)(F)F)C1.I. The molecular formula is C16H31F3IN5. The third-order valence-corrected chi connectivity index (χ3v) is 4.73. The number of rotatable bonds is 6. The zero-order valence-corrected chi connectivity index (χ0v) is 17.4. The maximum absolute atomic E-state index is 12.5. The lowest BCUT2D eigenvalue weighted by Crippen LogP contribution is -2.45. The average molecular weight is 477 g/mol. The van der Waals surface area contributed by atoms with E-state index in [4.69, 9.17) is 0 Å². The van der Waals surface area contributed by atoms with Crippen molar-refractivity contribution in [2.24, 2.45) is 4.99 Å². The minimum Gasteiger partial charge on any atom is -0.357 e. The van der Waals surface area contributed by atoms with Crippen molar-refractivity contribution in [3.8, 4) is 0 Å². The molecule has 0 aromatic carbocycles. The fourth-order valence-corrected chi connectivity index (χ4v) is 3.58. The van der Waals surface area contributed by atoms with Gasteiger partial charge in [-0.05, 0) is 39.3 Å². The van der Waals surface area contributed by atoms with Gasteiger partial charge >= 0.3 is 6.18 Å². The van der Waals surface area contributed by atoms with Crippen LogP contribution in [0.4, 0.5) is 13.2 Å². The maximum Gasteiger partial charge on any atom is 0.401 e. The van der Waals surface area contributed by atoms with Crippen LogP contribution < -0.4 is 10.6 Å². The molecule has 2 fully saturated rings. The van der Waals surface area contributed by atoms with Gasteiger partial charge in [0.05, 0.1) is 13.1 Å². The van der Waals surface area contributed by atoms with Crippen LogP contribution in [0, 0.1) is 0 Å². The summed E-state index contributed by atoms with van der Waals surface area (Å²) < 4.78 is 37.4. The van der Waals surface area contributed by atoms with Crippen LogP contribution in [0.15, 0.2) is 4.99 Å². The van der Waals surface area contributed by atoms with Crippen LogP contribution >= 0.6 is 24.0 Å². The van der Waals surface area contributed by atoms with E-state index >= 15 is 0 Å². The zero-order valence-electron chi connectivity index (χ0n) is 15.1. The first-order valence-corrected chi connectivity index (χ1v) is 8.99. The van der Waals surface area contributed by atoms with E-state index in [1.54, 1.807) is 0 Å². The quantitative estimate of drug-likeness (QED) is 0.350. The Labute approximate surface area is 165 Å². The second kappa shape index (κ2) is 10.8. The Balaban J connectivity index is 0.00000312. The lowest BCUT2D eigenvalue weighted by Gasteiger charge is -2.22. The van der Waals surface area contributed by atoms with Gasteiger partial charge in [0, 0.05) is 31.7 Å². The van der Waals surface area contributed by atoms with Crippen molar-refractivity contribution in [1.82, 2.24) is 20.4 Å². The number of likely N-dealkylation sites (tertiary alicyclic amines) is 2. The molecule has 2 saturated heterocycles. The topological polar surface area (TPSA) is 42.9 Å². The monoisotopic (exact) mass is 477 g/mol. The molecule has 0 aliphatic carbocycles. The molecule has 0 spiro atoms. The summed E-state index contributed by atoms with van der Waals surface area (Å²) in [6.07, 6.45) is -1.03. The minimum absolute atomic E-state index is 0. The highest BCUT2D eigenvalue weighted by Gasteiger charge is 2.34. The standard InChI is InChI=1S/C16H30F3N5.HI/c1-3-20-15(21-10-14-6-5-8-24(14)4-2)22-13-7-9-23(11-13)12-16(17,18)19;/h13-14H,3-12H2,1-2H3,(H2,20,21,22);1H. The van der Waals surface area contributed by atoms with Crippen LogP contribution in [-0.2, 0) is 0 Å². The third kappa shape index (κ3) is 7.86. The molecule has 0 saturated carbocycles. The fraction of sp³-hybridized carbons (Fsp3) is 0.938. The lowest BCUT2D eigenvalue weighted by molar-refractivity contribution is -0.143. The Morgan fingerprint density at radius 1 is 1.20 bits per heavy atom. The van der Waals surface area contributed by atoms with E-state index in [0.29, 0.717) is 25.6 Å². The highest BCUT2D eigenvalue weighted by Crippen LogP contribution is 2.20. The Kier molecular flexibility index (Phi) is 9.79. The van der Waals surface area contributed by atoms with E-state index in [9.17, 15) is 13.2 Å². The number of halogens is 4. The largest absolute Gasteiger partial charge is 0.401 e. The van der Waals surface area contributed by atoms with Crippen molar-refractivity contribution in [2.75, 3.05) is 45.8 Å². The van der Waals surface area contributed by atoms with Gasteiger partial charge in [0.15, 0.2) is 5.96 Å². The van der Waals surface area contributed by atoms with Gasteiger partial charge in [-0.15, -0.1) is 24.0 Å². The highest BCUT2D eigenvalue weighted by atomic mass is 127. The van der Waals surface area contributed by atoms with E-state index in [1.807, 2.05) is 6.92 Å². The summed E-state index contributed by atoms with van der Waals surface area (Å²) in [5.41, 5.74) is 0. The summed E-state index contributed by atoms with van der Waals surface area (Å²) in [5.74, 6) is 0.722. The molecule has 5 nitrogen and oxygen atoms in total. The number of alkyl halides is 3. The number of likely N-dealkylation sites (N-methyl/N-ethyl adjacent to an activating group) is 1. The summed E-state index contributed by atoms with van der Waals surface area (Å²) in [4.78, 5) is 8.56. The van der Waals surface area contributed by atoms with Crippen molar-refractivity contribution in [2.45, 2.75) is 51.4 Å². The van der Waals surface area contributed by atoms with Crippen LogP contribution in [0.25, 0.3) is 0 Å². The average Bonchev–Trinajstić information content (AvgIpc) is 3.12. The predicted octanol–water partition coefficient (Wildman–Crippen LogP) is 2.28. The Bertz CT molecular complexity index is 419. The van der Waals surface area contributed by atoms with Crippen molar-refractivity contribution in [3.05, 3.63) is 0 Å². The van der Waals surface area contributed by atoms with Crippen molar-refractivity contribution in [3.63, 3.8) is 0 Å². The number of hydrogen-bond donors (Lipinski definition) is 2. The molecule has 25 heavy (non-hydrogen) atoms. The van der Waals surface area contributed by atoms with Crippen molar-refractivity contribution >= 4 is 29.9 Å². The van der Waals surface area contributed by atoms with Crippen LogP contribution in [0.5, 0.6) is 0 Å². The van der Waals surface area contributed by atoms with E-state index in [2.05, 4.69) is 27.4 Å². The van der Waals surface area contributed by atoms with Gasteiger partial charge in [0.1, 0.15) is 0 Å². The number of aliphatic imine (C=N–C) groups is 1. The van der Waals surface area contributed by atoms with Gasteiger partial charge in [0.2, 0.25) is 0 Å². The first-order valence-electron chi connectivity index (χ1n) is 8.99. The molecule has 148 valence electrons. The molecule has 0 amide bonds. The molecule has 0 aromatic rings. The van der Waals surface area contributed by atoms with Gasteiger partial charge in [-0.1, -0.05) is 6.92 Å². The molecular weight excluding hydrogens is 446 g/mol. The van der Waals surface area contributed by atoms with Gasteiger partial charge in [-0.2, -0.15) is 13.2 Å². The molecule has 2 rings (SSSR count). The molecule has 9 heteroatoms. The van der Waals surface area contributed by atoms with Crippen LogP contribution in [0.1, 0.15) is 33.1 Å². The van der Waals surface area contributed by atoms with Gasteiger partial charge in [-0.3, -0.25) is 14.8 Å². The summed E-state index contributed by atoms with van der Waals surface area (Å²) in [6, 6.07) is 0.506. The zero-order chi connectivity index (χ0) is 17.6. The van der Waals surface area contributed by atoms with Crippen LogP contribution in [-0.4, -0.2) is 79.8 Å². The number of guanidine groups is 1. The molecule has 2 aliphatic heterocycles. The number of hydrogen-bond acceptors (Lipinski definition) is 3. The summed E-state index contributed by atoms with van der Waals surface area (Å²) in [7, 11) is 0. The Morgan fingerprint density at radius 2 is 1.96 bits per heavy atom. The van der Waals surface area contributed by atoms with Crippen molar-refractivity contribution in [1.29, 1.82) is 0 Å². The summed E-state index contributed by atoms with van der Waals surface area (Å²) in [5, 5.41) is 6.51. The summed E-state index contributed by atoms with van der Waals surface area (Å²) in [6.45, 7) is 7.88. The molecule has 0 bridgehead atoms. The normalized spacial score (nSPS) is 25.9. The second-order valence-electron chi connectivity index (χ2n) is 6.62. The second-order valence-corrected chi connectivity index (χ2v) is 6.62. The Hall–Kier alpha value is -0.290. The predicted molar refractivity (Wildman–Crippen MR) is 106 cm³/mol. The molecule has 0 aromatic heterocycles. The van der Waals surface area contributed by atoms with E-state index in [-0.39, 0.29) is 30.0 Å². The Morgan fingerprint density at radius 3 is 2.60 bits per heavy atom. The van der Waals surface area contributed by atoms with Gasteiger partial charge < -0.3 is 10.6 Å². The minimum atomic E-state index is -4.13. The van der Waals surface area contributed by atoms with Gasteiger partial charge in [0.25, 0.3) is 0 Å². The summed E-state index contributed by atoms with van der Waals surface area (Å²) >= 11 is 0. The first-order chi connectivity index (χ1) is 11.4. The van der Waals surface area contributed by atoms with E-state index in [0.717, 1.165) is 32.1 Å². The highest BCUT2D eigenvalue weighted by molar-refractivity contribution is 14.0. The van der Waals surface area contributed by atoms with Gasteiger partial charge in [-0.25, -0.2) is 0 Å². The molecule has 2 atom stereocenters. The molecule has 2 N–H and O–H groups in total. The van der Waals surface area contributed by atoms with Crippen LogP contribution in [0.3, 0.4) is 0 Å². The maximum atomic E-state index is 12.5. The van der Waals surface area contributed by atoms with E-state index < -0.39 is 12.7 Å². The number of nitrogens with zero attached hydrogens (tertiary/aromatic N) is 3. The third-order valence-electron chi connectivity index (χ3n) is 4.73. The molecule has 2 unspecified atom stereocenters. The molecule has 2 aliphatic rings. The molecule has 2 heterocycles. The first kappa shape index (κ1) is 22.8. The smallest absolute Gasteiger partial charge is 0.357 e.